The second kappa shape index (κ2) is 4.73. The number of rotatable bonds is 4. The Morgan fingerprint density at radius 2 is 2.24 bits per heavy atom. The predicted molar refractivity (Wildman–Crippen MR) is 62.4 cm³/mol. The summed E-state index contributed by atoms with van der Waals surface area (Å²) >= 11 is 0. The van der Waals surface area contributed by atoms with Crippen molar-refractivity contribution in [3.8, 4) is 5.75 Å². The number of phenolic OH excluding ortho intramolecular Hbond substituents is 1. The smallest absolute Gasteiger partial charge is 0.256 e. The molecule has 2 rings (SSSR count). The van der Waals surface area contributed by atoms with E-state index in [4.69, 9.17) is 5.11 Å². The fraction of sp³-hybridized carbons (Fsp3) is 0.462. The first-order chi connectivity index (χ1) is 8.11. The molecular formula is C13H16FNO2. The molecule has 3 nitrogen and oxygen atoms in total. The SMILES string of the molecule is CCN(CC1CC1)C(=O)c1ccc(O)cc1F. The first-order valence-corrected chi connectivity index (χ1v) is 5.89. The van der Waals surface area contributed by atoms with Gasteiger partial charge in [-0.05, 0) is 37.8 Å². The summed E-state index contributed by atoms with van der Waals surface area (Å²) in [7, 11) is 0. The van der Waals surface area contributed by atoms with E-state index in [1.807, 2.05) is 6.92 Å². The third-order valence-corrected chi connectivity index (χ3v) is 3.03. The Kier molecular flexibility index (Phi) is 3.31. The summed E-state index contributed by atoms with van der Waals surface area (Å²) < 4.78 is 13.5. The van der Waals surface area contributed by atoms with Crippen molar-refractivity contribution in [2.24, 2.45) is 5.92 Å². The molecule has 0 unspecified atom stereocenters. The van der Waals surface area contributed by atoms with E-state index >= 15 is 0 Å². The zero-order valence-corrected chi connectivity index (χ0v) is 9.82. The minimum absolute atomic E-state index is 0.0327. The molecular weight excluding hydrogens is 221 g/mol. The number of carbonyl (C=O) groups is 1. The number of benzene rings is 1. The molecule has 0 heterocycles. The van der Waals surface area contributed by atoms with Crippen LogP contribution in [0.5, 0.6) is 5.75 Å². The van der Waals surface area contributed by atoms with Crippen LogP contribution in [0.1, 0.15) is 30.1 Å². The van der Waals surface area contributed by atoms with E-state index in [-0.39, 0.29) is 17.2 Å². The van der Waals surface area contributed by atoms with Gasteiger partial charge in [-0.2, -0.15) is 0 Å². The third-order valence-electron chi connectivity index (χ3n) is 3.03. The summed E-state index contributed by atoms with van der Waals surface area (Å²) in [6.45, 7) is 3.17. The van der Waals surface area contributed by atoms with Gasteiger partial charge in [0.25, 0.3) is 5.91 Å². The standard InChI is InChI=1S/C13H16FNO2/c1-2-15(8-9-3-4-9)13(17)11-6-5-10(16)7-12(11)14/h5-7,9,16H,2-4,8H2,1H3. The van der Waals surface area contributed by atoms with Crippen molar-refractivity contribution in [2.75, 3.05) is 13.1 Å². The second-order valence-electron chi connectivity index (χ2n) is 4.45. The molecule has 1 saturated carbocycles. The summed E-state index contributed by atoms with van der Waals surface area (Å²) in [6, 6.07) is 3.64. The van der Waals surface area contributed by atoms with Gasteiger partial charge in [-0.3, -0.25) is 4.79 Å². The van der Waals surface area contributed by atoms with Crippen molar-refractivity contribution in [2.45, 2.75) is 19.8 Å². The van der Waals surface area contributed by atoms with Crippen LogP contribution in [0.2, 0.25) is 0 Å². The van der Waals surface area contributed by atoms with Gasteiger partial charge in [0.15, 0.2) is 0 Å². The van der Waals surface area contributed by atoms with E-state index < -0.39 is 5.82 Å². The monoisotopic (exact) mass is 237 g/mol. The van der Waals surface area contributed by atoms with Crippen molar-refractivity contribution in [1.29, 1.82) is 0 Å². The lowest BCUT2D eigenvalue weighted by molar-refractivity contribution is 0.0752. The van der Waals surface area contributed by atoms with Gasteiger partial charge in [-0.15, -0.1) is 0 Å². The van der Waals surface area contributed by atoms with Gasteiger partial charge < -0.3 is 10.0 Å². The number of phenols is 1. The molecule has 0 atom stereocenters. The topological polar surface area (TPSA) is 40.5 Å². The predicted octanol–water partition coefficient (Wildman–Crippen LogP) is 2.40. The van der Waals surface area contributed by atoms with Crippen molar-refractivity contribution in [3.63, 3.8) is 0 Å². The summed E-state index contributed by atoms with van der Waals surface area (Å²) in [5.41, 5.74) is 0.0327. The van der Waals surface area contributed by atoms with E-state index in [2.05, 4.69) is 0 Å². The molecule has 1 aromatic carbocycles. The maximum absolute atomic E-state index is 13.5. The van der Waals surface area contributed by atoms with Gasteiger partial charge >= 0.3 is 0 Å². The minimum atomic E-state index is -0.663. The number of hydrogen-bond acceptors (Lipinski definition) is 2. The number of carbonyl (C=O) groups excluding carboxylic acids is 1. The fourth-order valence-corrected chi connectivity index (χ4v) is 1.82. The van der Waals surface area contributed by atoms with Gasteiger partial charge in [-0.1, -0.05) is 0 Å². The van der Waals surface area contributed by atoms with Crippen LogP contribution in [0.25, 0.3) is 0 Å². The average molecular weight is 237 g/mol. The van der Waals surface area contributed by atoms with Gasteiger partial charge in [-0.25, -0.2) is 4.39 Å². The zero-order valence-electron chi connectivity index (χ0n) is 9.82. The van der Waals surface area contributed by atoms with Gasteiger partial charge in [0.05, 0.1) is 5.56 Å². The Bertz CT molecular complexity index is 429. The molecule has 4 heteroatoms. The molecule has 1 amide bonds. The maximum Gasteiger partial charge on any atom is 0.256 e. The molecule has 0 aliphatic heterocycles. The molecule has 92 valence electrons. The fourth-order valence-electron chi connectivity index (χ4n) is 1.82. The lowest BCUT2D eigenvalue weighted by Gasteiger charge is -2.21. The normalized spacial score (nSPS) is 14.7. The minimum Gasteiger partial charge on any atom is -0.508 e. The van der Waals surface area contributed by atoms with Gasteiger partial charge in [0.2, 0.25) is 0 Å². The van der Waals surface area contributed by atoms with Gasteiger partial charge in [0.1, 0.15) is 11.6 Å². The quantitative estimate of drug-likeness (QED) is 0.873. The van der Waals surface area contributed by atoms with E-state index in [0.29, 0.717) is 19.0 Å². The van der Waals surface area contributed by atoms with Crippen LogP contribution < -0.4 is 0 Å². The van der Waals surface area contributed by atoms with Crippen molar-refractivity contribution in [3.05, 3.63) is 29.6 Å². The highest BCUT2D eigenvalue weighted by Gasteiger charge is 2.27. The highest BCUT2D eigenvalue weighted by molar-refractivity contribution is 5.94. The van der Waals surface area contributed by atoms with E-state index in [0.717, 1.165) is 18.9 Å². The Labute approximate surface area is 99.9 Å². The molecule has 0 aromatic heterocycles. The molecule has 1 aromatic rings. The number of hydrogen-bond donors (Lipinski definition) is 1. The molecule has 1 aliphatic rings. The highest BCUT2D eigenvalue weighted by Crippen LogP contribution is 2.30. The summed E-state index contributed by atoms with van der Waals surface area (Å²) in [5, 5.41) is 9.11. The molecule has 0 radical (unpaired) electrons. The third kappa shape index (κ3) is 2.75. The van der Waals surface area contributed by atoms with Gasteiger partial charge in [0, 0.05) is 19.2 Å². The molecule has 1 aliphatic carbocycles. The van der Waals surface area contributed by atoms with Crippen LogP contribution in [0.15, 0.2) is 18.2 Å². The Morgan fingerprint density at radius 3 is 2.76 bits per heavy atom. The first-order valence-electron chi connectivity index (χ1n) is 5.89. The maximum atomic E-state index is 13.5. The lowest BCUT2D eigenvalue weighted by atomic mass is 10.1. The zero-order chi connectivity index (χ0) is 12.4. The largest absolute Gasteiger partial charge is 0.508 e. The van der Waals surface area contributed by atoms with Crippen LogP contribution in [-0.4, -0.2) is 29.0 Å². The molecule has 1 fully saturated rings. The Morgan fingerprint density at radius 1 is 1.53 bits per heavy atom. The van der Waals surface area contributed by atoms with Crippen molar-refractivity contribution in [1.82, 2.24) is 4.90 Å². The summed E-state index contributed by atoms with van der Waals surface area (Å²) in [5.74, 6) is -0.537. The van der Waals surface area contributed by atoms with Crippen LogP contribution in [0.4, 0.5) is 4.39 Å². The molecule has 0 bridgehead atoms. The second-order valence-corrected chi connectivity index (χ2v) is 4.45. The van der Waals surface area contributed by atoms with Crippen LogP contribution in [-0.2, 0) is 0 Å². The highest BCUT2D eigenvalue weighted by atomic mass is 19.1. The molecule has 0 spiro atoms. The van der Waals surface area contributed by atoms with E-state index in [9.17, 15) is 9.18 Å². The van der Waals surface area contributed by atoms with Crippen molar-refractivity contribution >= 4 is 5.91 Å². The van der Waals surface area contributed by atoms with Crippen LogP contribution in [0.3, 0.4) is 0 Å². The molecule has 1 N–H and O–H groups in total. The Hall–Kier alpha value is -1.58. The number of nitrogens with zero attached hydrogens (tertiary/aromatic N) is 1. The van der Waals surface area contributed by atoms with Crippen molar-refractivity contribution < 1.29 is 14.3 Å². The molecule has 17 heavy (non-hydrogen) atoms. The lowest BCUT2D eigenvalue weighted by Crippen LogP contribution is -2.33. The average Bonchev–Trinajstić information content (AvgIpc) is 3.09. The van der Waals surface area contributed by atoms with Crippen LogP contribution in [0, 0.1) is 11.7 Å². The molecule has 0 saturated heterocycles. The Balaban J connectivity index is 2.15. The first kappa shape index (κ1) is 11.9. The summed E-state index contributed by atoms with van der Waals surface area (Å²) in [4.78, 5) is 13.7. The number of halogens is 1. The number of amides is 1. The van der Waals surface area contributed by atoms with Crippen LogP contribution >= 0.6 is 0 Å². The van der Waals surface area contributed by atoms with E-state index in [1.54, 1.807) is 4.90 Å². The summed E-state index contributed by atoms with van der Waals surface area (Å²) in [6.07, 6.45) is 2.31. The van der Waals surface area contributed by atoms with E-state index in [1.165, 1.54) is 12.1 Å². The number of aromatic hydroxyl groups is 1.